The van der Waals surface area contributed by atoms with Gasteiger partial charge in [0.05, 0.1) is 11.3 Å². The average Bonchev–Trinajstić information content (AvgIpc) is 2.03. The molecular weight excluding hydrogens is 199 g/mol. The molecule has 0 atom stereocenters. The largest absolute Gasteiger partial charge is 0.387 e. The molecule has 0 aromatic carbocycles. The lowest BCUT2D eigenvalue weighted by Gasteiger charge is -2.04. The standard InChI is InChI=1S/C7H6Cl2N2O/c1-10-5-2-6(8)11-7(9)4(5)3-12/h2-3H,1H3,(H,10,11). The van der Waals surface area contributed by atoms with Crippen molar-refractivity contribution in [3.05, 3.63) is 21.9 Å². The fraction of sp³-hybridized carbons (Fsp3) is 0.143. The van der Waals surface area contributed by atoms with E-state index in [1.807, 2.05) is 0 Å². The van der Waals surface area contributed by atoms with Crippen molar-refractivity contribution >= 4 is 35.2 Å². The zero-order valence-corrected chi connectivity index (χ0v) is 7.78. The van der Waals surface area contributed by atoms with Crippen LogP contribution in [-0.2, 0) is 0 Å². The zero-order chi connectivity index (χ0) is 9.14. The van der Waals surface area contributed by atoms with Crippen molar-refractivity contribution in [3.8, 4) is 0 Å². The molecule has 0 aliphatic carbocycles. The van der Waals surface area contributed by atoms with E-state index in [0.29, 0.717) is 17.5 Å². The fourth-order valence-corrected chi connectivity index (χ4v) is 1.29. The Kier molecular flexibility index (Phi) is 2.89. The number of pyridine rings is 1. The zero-order valence-electron chi connectivity index (χ0n) is 6.27. The molecule has 0 fully saturated rings. The summed E-state index contributed by atoms with van der Waals surface area (Å²) in [6.07, 6.45) is 0.636. The van der Waals surface area contributed by atoms with Gasteiger partial charge in [0.25, 0.3) is 0 Å². The van der Waals surface area contributed by atoms with Gasteiger partial charge in [0, 0.05) is 7.05 Å². The quantitative estimate of drug-likeness (QED) is 0.594. The summed E-state index contributed by atoms with van der Waals surface area (Å²) in [5.41, 5.74) is 0.901. The van der Waals surface area contributed by atoms with Gasteiger partial charge in [-0.1, -0.05) is 23.2 Å². The summed E-state index contributed by atoms with van der Waals surface area (Å²) in [4.78, 5) is 14.2. The van der Waals surface area contributed by atoms with Crippen LogP contribution in [0, 0.1) is 0 Å². The van der Waals surface area contributed by atoms with Crippen molar-refractivity contribution in [3.63, 3.8) is 0 Å². The number of rotatable bonds is 2. The van der Waals surface area contributed by atoms with E-state index < -0.39 is 0 Å². The SMILES string of the molecule is CNc1cc(Cl)nc(Cl)c1C=O. The van der Waals surface area contributed by atoms with Crippen molar-refractivity contribution < 1.29 is 4.79 Å². The number of nitrogens with zero attached hydrogens (tertiary/aromatic N) is 1. The first-order chi connectivity index (χ1) is 5.69. The van der Waals surface area contributed by atoms with Crippen LogP contribution in [0.4, 0.5) is 5.69 Å². The first-order valence-electron chi connectivity index (χ1n) is 3.18. The predicted molar refractivity (Wildman–Crippen MR) is 49.2 cm³/mol. The van der Waals surface area contributed by atoms with Crippen molar-refractivity contribution in [2.75, 3.05) is 12.4 Å². The molecule has 0 radical (unpaired) electrons. The molecular formula is C7H6Cl2N2O. The lowest BCUT2D eigenvalue weighted by molar-refractivity contribution is 0.112. The van der Waals surface area contributed by atoms with Crippen LogP contribution in [0.5, 0.6) is 0 Å². The smallest absolute Gasteiger partial charge is 0.155 e. The van der Waals surface area contributed by atoms with Crippen LogP contribution in [0.1, 0.15) is 10.4 Å². The molecule has 5 heteroatoms. The number of carbonyl (C=O) groups excluding carboxylic acids is 1. The number of aromatic nitrogens is 1. The Labute approximate surface area is 79.7 Å². The van der Waals surface area contributed by atoms with Crippen LogP contribution in [0.3, 0.4) is 0 Å². The molecule has 0 aliphatic heterocycles. The van der Waals surface area contributed by atoms with Crippen molar-refractivity contribution in [2.24, 2.45) is 0 Å². The van der Waals surface area contributed by atoms with Crippen molar-refractivity contribution in [1.82, 2.24) is 4.98 Å². The Hall–Kier alpha value is -0.800. The van der Waals surface area contributed by atoms with Gasteiger partial charge in [-0.05, 0) is 6.07 Å². The Bertz CT molecular complexity index is 315. The molecule has 0 saturated carbocycles. The molecule has 1 heterocycles. The van der Waals surface area contributed by atoms with E-state index in [1.54, 1.807) is 7.05 Å². The molecule has 1 rings (SSSR count). The molecule has 3 nitrogen and oxygen atoms in total. The van der Waals surface area contributed by atoms with Crippen LogP contribution in [0.2, 0.25) is 10.3 Å². The van der Waals surface area contributed by atoms with E-state index in [2.05, 4.69) is 10.3 Å². The second-order valence-electron chi connectivity index (χ2n) is 2.06. The minimum atomic E-state index is 0.113. The Balaban J connectivity index is 3.33. The molecule has 0 unspecified atom stereocenters. The van der Waals surface area contributed by atoms with Crippen molar-refractivity contribution in [1.29, 1.82) is 0 Å². The lowest BCUT2D eigenvalue weighted by Crippen LogP contribution is -1.97. The van der Waals surface area contributed by atoms with E-state index in [1.165, 1.54) is 6.07 Å². The van der Waals surface area contributed by atoms with Gasteiger partial charge in [0.2, 0.25) is 0 Å². The number of anilines is 1. The highest BCUT2D eigenvalue weighted by Gasteiger charge is 2.07. The molecule has 0 amide bonds. The highest BCUT2D eigenvalue weighted by atomic mass is 35.5. The van der Waals surface area contributed by atoms with Crippen LogP contribution in [0.25, 0.3) is 0 Å². The number of hydrogen-bond acceptors (Lipinski definition) is 3. The molecule has 0 saturated heterocycles. The fourth-order valence-electron chi connectivity index (χ4n) is 0.813. The Morgan fingerprint density at radius 2 is 2.25 bits per heavy atom. The van der Waals surface area contributed by atoms with Crippen LogP contribution in [-0.4, -0.2) is 18.3 Å². The third kappa shape index (κ3) is 1.68. The minimum Gasteiger partial charge on any atom is -0.387 e. The first kappa shape index (κ1) is 9.29. The van der Waals surface area contributed by atoms with E-state index in [-0.39, 0.29) is 10.3 Å². The third-order valence-electron chi connectivity index (χ3n) is 1.37. The molecule has 0 aliphatic rings. The van der Waals surface area contributed by atoms with Crippen LogP contribution < -0.4 is 5.32 Å². The second kappa shape index (κ2) is 3.74. The van der Waals surface area contributed by atoms with Gasteiger partial charge >= 0.3 is 0 Å². The predicted octanol–water partition coefficient (Wildman–Crippen LogP) is 2.24. The minimum absolute atomic E-state index is 0.113. The first-order valence-corrected chi connectivity index (χ1v) is 3.93. The number of nitrogens with one attached hydrogen (secondary N) is 1. The van der Waals surface area contributed by atoms with Crippen LogP contribution >= 0.6 is 23.2 Å². The van der Waals surface area contributed by atoms with Gasteiger partial charge in [0.15, 0.2) is 6.29 Å². The van der Waals surface area contributed by atoms with Crippen molar-refractivity contribution in [2.45, 2.75) is 0 Å². The third-order valence-corrected chi connectivity index (χ3v) is 1.85. The maximum atomic E-state index is 10.5. The summed E-state index contributed by atoms with van der Waals surface area (Å²) in [7, 11) is 1.68. The maximum absolute atomic E-state index is 10.5. The van der Waals surface area contributed by atoms with Gasteiger partial charge in [-0.3, -0.25) is 4.79 Å². The Morgan fingerprint density at radius 1 is 1.58 bits per heavy atom. The molecule has 1 aromatic heterocycles. The summed E-state index contributed by atoms with van der Waals surface area (Å²) in [6, 6.07) is 1.54. The summed E-state index contributed by atoms with van der Waals surface area (Å²) in [5, 5.41) is 3.16. The van der Waals surface area contributed by atoms with E-state index in [0.717, 1.165) is 0 Å². The van der Waals surface area contributed by atoms with Gasteiger partial charge in [0.1, 0.15) is 10.3 Å². The van der Waals surface area contributed by atoms with Gasteiger partial charge in [-0.15, -0.1) is 0 Å². The van der Waals surface area contributed by atoms with E-state index in [9.17, 15) is 4.79 Å². The van der Waals surface area contributed by atoms with Gasteiger partial charge in [-0.2, -0.15) is 0 Å². The molecule has 0 bridgehead atoms. The summed E-state index contributed by atoms with van der Waals surface area (Å²) >= 11 is 11.3. The molecule has 12 heavy (non-hydrogen) atoms. The lowest BCUT2D eigenvalue weighted by atomic mass is 10.2. The Morgan fingerprint density at radius 3 is 2.75 bits per heavy atom. The van der Waals surface area contributed by atoms with Gasteiger partial charge < -0.3 is 5.32 Å². The maximum Gasteiger partial charge on any atom is 0.155 e. The normalized spacial score (nSPS) is 9.58. The molecule has 1 N–H and O–H groups in total. The highest BCUT2D eigenvalue weighted by molar-refractivity contribution is 6.34. The molecule has 0 spiro atoms. The topological polar surface area (TPSA) is 42.0 Å². The highest BCUT2D eigenvalue weighted by Crippen LogP contribution is 2.23. The average molecular weight is 205 g/mol. The summed E-state index contributed by atoms with van der Waals surface area (Å²) in [5.74, 6) is 0. The number of halogens is 2. The van der Waals surface area contributed by atoms with Gasteiger partial charge in [-0.25, -0.2) is 4.98 Å². The monoisotopic (exact) mass is 204 g/mol. The van der Waals surface area contributed by atoms with Crippen LogP contribution in [0.15, 0.2) is 6.07 Å². The number of carbonyl (C=O) groups is 1. The molecule has 1 aromatic rings. The van der Waals surface area contributed by atoms with E-state index >= 15 is 0 Å². The molecule has 64 valence electrons. The number of hydrogen-bond donors (Lipinski definition) is 1. The summed E-state index contributed by atoms with van der Waals surface area (Å²) in [6.45, 7) is 0. The van der Waals surface area contributed by atoms with E-state index in [4.69, 9.17) is 23.2 Å². The second-order valence-corrected chi connectivity index (χ2v) is 2.81. The number of aldehydes is 1. The summed E-state index contributed by atoms with van der Waals surface area (Å²) < 4.78 is 0.